The number of amides is 1. The average Bonchev–Trinajstić information content (AvgIpc) is 3.04. The number of anilines is 1. The molecular formula is C21H26ClN5O. The van der Waals surface area contributed by atoms with Gasteiger partial charge in [0.05, 0.1) is 5.39 Å². The van der Waals surface area contributed by atoms with Gasteiger partial charge in [0.1, 0.15) is 17.8 Å². The van der Waals surface area contributed by atoms with Gasteiger partial charge in [-0.3, -0.25) is 4.79 Å². The molecule has 3 aromatic rings. The van der Waals surface area contributed by atoms with Gasteiger partial charge in [-0.1, -0.05) is 18.2 Å². The molecule has 3 heterocycles. The summed E-state index contributed by atoms with van der Waals surface area (Å²) >= 11 is 0. The molecule has 1 aliphatic rings. The van der Waals surface area contributed by atoms with Gasteiger partial charge in [0.2, 0.25) is 0 Å². The van der Waals surface area contributed by atoms with E-state index in [1.165, 1.54) is 0 Å². The van der Waals surface area contributed by atoms with Gasteiger partial charge in [-0.2, -0.15) is 0 Å². The minimum atomic E-state index is 0. The van der Waals surface area contributed by atoms with Crippen molar-refractivity contribution in [3.05, 3.63) is 53.0 Å². The van der Waals surface area contributed by atoms with Gasteiger partial charge in [0.25, 0.3) is 5.91 Å². The molecule has 1 saturated heterocycles. The molecule has 1 aromatic carbocycles. The van der Waals surface area contributed by atoms with Crippen molar-refractivity contribution in [2.75, 3.05) is 18.0 Å². The van der Waals surface area contributed by atoms with Gasteiger partial charge in [0, 0.05) is 30.9 Å². The molecule has 28 heavy (non-hydrogen) atoms. The predicted molar refractivity (Wildman–Crippen MR) is 114 cm³/mol. The number of aromatic amines is 1. The largest absolute Gasteiger partial charge is 0.356 e. The Labute approximate surface area is 171 Å². The smallest absolute Gasteiger partial charge is 0.252 e. The Morgan fingerprint density at radius 1 is 1.11 bits per heavy atom. The van der Waals surface area contributed by atoms with Crippen LogP contribution in [0.1, 0.15) is 39.9 Å². The van der Waals surface area contributed by atoms with E-state index in [0.29, 0.717) is 0 Å². The fraction of sp³-hybridized carbons (Fsp3) is 0.381. The number of carbonyl (C=O) groups excluding carboxylic acids is 1. The molecule has 0 unspecified atom stereocenters. The van der Waals surface area contributed by atoms with Gasteiger partial charge in [-0.05, 0) is 50.3 Å². The van der Waals surface area contributed by atoms with Crippen molar-refractivity contribution < 1.29 is 4.79 Å². The van der Waals surface area contributed by atoms with E-state index in [1.807, 2.05) is 38.2 Å². The summed E-state index contributed by atoms with van der Waals surface area (Å²) in [5.74, 6) is 1.02. The van der Waals surface area contributed by atoms with E-state index >= 15 is 0 Å². The van der Waals surface area contributed by atoms with Crippen LogP contribution < -0.4 is 10.2 Å². The number of fused-ring (bicyclic) bond motifs is 1. The second kappa shape index (κ2) is 8.19. The highest BCUT2D eigenvalue weighted by atomic mass is 35.5. The number of nitrogens with zero attached hydrogens (tertiary/aromatic N) is 3. The normalized spacial score (nSPS) is 14.8. The first kappa shape index (κ1) is 20.1. The SMILES string of the molecule is Cc1cccc(C)c1C(=O)NC1CCN(c2ncnc3[nH]cc(C)c23)CC1.Cl. The molecule has 1 aliphatic heterocycles. The van der Waals surface area contributed by atoms with Crippen LogP contribution in [0.25, 0.3) is 11.0 Å². The monoisotopic (exact) mass is 399 g/mol. The van der Waals surface area contributed by atoms with E-state index in [2.05, 4.69) is 32.1 Å². The summed E-state index contributed by atoms with van der Waals surface area (Å²) in [6, 6.07) is 6.16. The van der Waals surface area contributed by atoms with Crippen LogP contribution in [0.5, 0.6) is 0 Å². The molecule has 1 amide bonds. The predicted octanol–water partition coefficient (Wildman–Crippen LogP) is 3.70. The molecule has 0 bridgehead atoms. The van der Waals surface area contributed by atoms with Gasteiger partial charge < -0.3 is 15.2 Å². The summed E-state index contributed by atoms with van der Waals surface area (Å²) in [5.41, 5.74) is 4.89. The maximum absolute atomic E-state index is 12.7. The molecule has 148 valence electrons. The molecule has 6 nitrogen and oxygen atoms in total. The maximum Gasteiger partial charge on any atom is 0.252 e. The summed E-state index contributed by atoms with van der Waals surface area (Å²) in [6.45, 7) is 7.79. The summed E-state index contributed by atoms with van der Waals surface area (Å²) in [5, 5.41) is 4.32. The minimum absolute atomic E-state index is 0. The summed E-state index contributed by atoms with van der Waals surface area (Å²) < 4.78 is 0. The van der Waals surface area contributed by atoms with Crippen LogP contribution in [-0.2, 0) is 0 Å². The molecular weight excluding hydrogens is 374 g/mol. The quantitative estimate of drug-likeness (QED) is 0.704. The lowest BCUT2D eigenvalue weighted by Crippen LogP contribution is -2.45. The summed E-state index contributed by atoms with van der Waals surface area (Å²) in [4.78, 5) is 27.1. The number of aryl methyl sites for hydroxylation is 3. The molecule has 1 fully saturated rings. The Bertz CT molecular complexity index is 971. The maximum atomic E-state index is 12.7. The number of hydrogen-bond donors (Lipinski definition) is 2. The van der Waals surface area contributed by atoms with Crippen LogP contribution in [0, 0.1) is 20.8 Å². The number of piperidine rings is 1. The second-order valence-electron chi connectivity index (χ2n) is 7.39. The third-order valence-corrected chi connectivity index (χ3v) is 5.48. The molecule has 4 rings (SSSR count). The fourth-order valence-electron chi connectivity index (χ4n) is 4.00. The van der Waals surface area contributed by atoms with Crippen molar-refractivity contribution in [3.8, 4) is 0 Å². The van der Waals surface area contributed by atoms with E-state index in [-0.39, 0.29) is 24.4 Å². The summed E-state index contributed by atoms with van der Waals surface area (Å²) in [6.07, 6.45) is 5.40. The molecule has 7 heteroatoms. The van der Waals surface area contributed by atoms with Gasteiger partial charge in [-0.25, -0.2) is 9.97 Å². The first-order chi connectivity index (χ1) is 13.0. The van der Waals surface area contributed by atoms with E-state index in [4.69, 9.17) is 0 Å². The van der Waals surface area contributed by atoms with Gasteiger partial charge in [-0.15, -0.1) is 12.4 Å². The molecule has 0 radical (unpaired) electrons. The van der Waals surface area contributed by atoms with Crippen LogP contribution in [-0.4, -0.2) is 40.0 Å². The van der Waals surface area contributed by atoms with E-state index < -0.39 is 0 Å². The van der Waals surface area contributed by atoms with E-state index in [0.717, 1.165) is 65.0 Å². The number of benzene rings is 1. The van der Waals surface area contributed by atoms with Crippen molar-refractivity contribution in [1.29, 1.82) is 0 Å². The molecule has 2 aromatic heterocycles. The third-order valence-electron chi connectivity index (χ3n) is 5.48. The number of nitrogens with one attached hydrogen (secondary N) is 2. The molecule has 2 N–H and O–H groups in total. The molecule has 0 spiro atoms. The summed E-state index contributed by atoms with van der Waals surface area (Å²) in [7, 11) is 0. The van der Waals surface area contributed by atoms with Crippen molar-refractivity contribution in [1.82, 2.24) is 20.3 Å². The number of carbonyl (C=O) groups is 1. The topological polar surface area (TPSA) is 73.9 Å². The number of aromatic nitrogens is 3. The lowest BCUT2D eigenvalue weighted by atomic mass is 10.00. The first-order valence-electron chi connectivity index (χ1n) is 9.45. The van der Waals surface area contributed by atoms with Gasteiger partial charge in [0.15, 0.2) is 0 Å². The first-order valence-corrected chi connectivity index (χ1v) is 9.45. The Morgan fingerprint density at radius 2 is 1.79 bits per heavy atom. The van der Waals surface area contributed by atoms with Crippen LogP contribution in [0.3, 0.4) is 0 Å². The molecule has 0 aliphatic carbocycles. The van der Waals surface area contributed by atoms with Crippen LogP contribution in [0.4, 0.5) is 5.82 Å². The average molecular weight is 400 g/mol. The number of hydrogen-bond acceptors (Lipinski definition) is 4. The van der Waals surface area contributed by atoms with Crippen LogP contribution in [0.15, 0.2) is 30.7 Å². The Morgan fingerprint density at radius 3 is 2.46 bits per heavy atom. The zero-order valence-corrected chi connectivity index (χ0v) is 17.3. The van der Waals surface area contributed by atoms with Crippen molar-refractivity contribution in [2.45, 2.75) is 39.7 Å². The Balaban J connectivity index is 0.00000225. The molecule has 0 atom stereocenters. The molecule has 0 saturated carbocycles. The van der Waals surface area contributed by atoms with E-state index in [1.54, 1.807) is 6.33 Å². The third kappa shape index (κ3) is 3.69. The Kier molecular flexibility index (Phi) is 5.89. The van der Waals surface area contributed by atoms with Crippen LogP contribution >= 0.6 is 12.4 Å². The number of halogens is 1. The van der Waals surface area contributed by atoms with Crippen molar-refractivity contribution in [3.63, 3.8) is 0 Å². The Hall–Kier alpha value is -2.60. The zero-order chi connectivity index (χ0) is 19.0. The fourth-order valence-corrected chi connectivity index (χ4v) is 4.00. The van der Waals surface area contributed by atoms with Gasteiger partial charge >= 0.3 is 0 Å². The lowest BCUT2D eigenvalue weighted by Gasteiger charge is -2.33. The lowest BCUT2D eigenvalue weighted by molar-refractivity contribution is 0.0930. The van der Waals surface area contributed by atoms with E-state index in [9.17, 15) is 4.79 Å². The number of rotatable bonds is 3. The number of H-pyrrole nitrogens is 1. The minimum Gasteiger partial charge on any atom is -0.356 e. The van der Waals surface area contributed by atoms with Crippen LogP contribution in [0.2, 0.25) is 0 Å². The standard InChI is InChI=1S/C21H25N5O.ClH/c1-13-5-4-6-14(2)17(13)21(27)25-16-7-9-26(10-8-16)20-18-15(3)11-22-19(18)23-12-24-20;/h4-6,11-12,16H,7-10H2,1-3H3,(H,25,27)(H,22,23,24);1H. The zero-order valence-electron chi connectivity index (χ0n) is 16.5. The van der Waals surface area contributed by atoms with Crippen molar-refractivity contribution in [2.24, 2.45) is 0 Å². The van der Waals surface area contributed by atoms with Crippen molar-refractivity contribution >= 4 is 35.2 Å². The highest BCUT2D eigenvalue weighted by molar-refractivity contribution is 5.97. The second-order valence-corrected chi connectivity index (χ2v) is 7.39. The highest BCUT2D eigenvalue weighted by Crippen LogP contribution is 2.28. The highest BCUT2D eigenvalue weighted by Gasteiger charge is 2.24.